The molecule has 35 heavy (non-hydrogen) atoms. The molecule has 1 amide bonds. The van der Waals surface area contributed by atoms with E-state index in [1.165, 1.54) is 6.20 Å². The van der Waals surface area contributed by atoms with Gasteiger partial charge in [0, 0.05) is 25.6 Å². The summed E-state index contributed by atoms with van der Waals surface area (Å²) in [6, 6.07) is 7.10. The summed E-state index contributed by atoms with van der Waals surface area (Å²) in [5, 5.41) is 0. The van der Waals surface area contributed by atoms with E-state index >= 15 is 0 Å². The molecule has 0 bridgehead atoms. The van der Waals surface area contributed by atoms with Crippen LogP contribution < -0.4 is 19.9 Å². The first-order chi connectivity index (χ1) is 17.0. The van der Waals surface area contributed by atoms with Crippen molar-refractivity contribution in [1.82, 2.24) is 19.5 Å². The Labute approximate surface area is 201 Å². The summed E-state index contributed by atoms with van der Waals surface area (Å²) in [4.78, 5) is 51.5. The van der Waals surface area contributed by atoms with Gasteiger partial charge in [0.1, 0.15) is 23.7 Å². The molecule has 182 valence electrons. The molecule has 3 aromatic heterocycles. The normalized spacial score (nSPS) is 17.5. The van der Waals surface area contributed by atoms with E-state index in [1.807, 2.05) is 0 Å². The number of ether oxygens (including phenoxy) is 2. The average Bonchev–Trinajstić information content (AvgIpc) is 3.24. The number of rotatable bonds is 8. The van der Waals surface area contributed by atoms with Crippen molar-refractivity contribution in [1.29, 1.82) is 0 Å². The number of unbranched alkanes of at least 4 members (excludes halogenated alkanes) is 2. The molecule has 1 fully saturated rings. The van der Waals surface area contributed by atoms with Gasteiger partial charge in [-0.05, 0) is 37.0 Å². The largest absolute Gasteiger partial charge is 0.484 e. The van der Waals surface area contributed by atoms with Crippen LogP contribution in [0.5, 0.6) is 11.6 Å². The number of methoxy groups -OCH3 is 1. The molecule has 1 atom stereocenters. The summed E-state index contributed by atoms with van der Waals surface area (Å²) in [5.41, 5.74) is 1.60. The second kappa shape index (κ2) is 9.81. The molecule has 0 radical (unpaired) electrons. The molecule has 5 heterocycles. The minimum atomic E-state index is -0.181. The zero-order valence-electron chi connectivity index (χ0n) is 19.6. The van der Waals surface area contributed by atoms with Gasteiger partial charge in [-0.2, -0.15) is 4.98 Å². The molecule has 0 aromatic carbocycles. The lowest BCUT2D eigenvalue weighted by molar-refractivity contribution is -0.121. The molecule has 3 aromatic rings. The van der Waals surface area contributed by atoms with Crippen molar-refractivity contribution >= 4 is 28.7 Å². The number of Topliss-reactive ketones (excluding diaryl/α,β-unsaturated/α-hetero) is 1. The topological polar surface area (TPSA) is 117 Å². The molecule has 0 spiro atoms. The molecule has 0 aliphatic carbocycles. The average molecular weight is 478 g/mol. The molecular weight excluding hydrogens is 450 g/mol. The first-order valence-electron chi connectivity index (χ1n) is 11.9. The summed E-state index contributed by atoms with van der Waals surface area (Å²) in [5.74, 6) is 1.95. The van der Waals surface area contributed by atoms with Gasteiger partial charge in [-0.25, -0.2) is 9.97 Å². The van der Waals surface area contributed by atoms with E-state index in [2.05, 4.69) is 15.0 Å². The number of nitrogens with zero attached hydrogens (tertiary/aromatic N) is 5. The van der Waals surface area contributed by atoms with Crippen molar-refractivity contribution in [3.63, 3.8) is 0 Å². The minimum Gasteiger partial charge on any atom is -0.484 e. The number of hydrogen-bond donors (Lipinski definition) is 0. The van der Waals surface area contributed by atoms with Crippen LogP contribution in [0.1, 0.15) is 37.8 Å². The van der Waals surface area contributed by atoms with E-state index < -0.39 is 0 Å². The number of aryl methyl sites for hydroxylation is 1. The predicted molar refractivity (Wildman–Crippen MR) is 128 cm³/mol. The predicted octanol–water partition coefficient (Wildman–Crippen LogP) is 2.31. The number of fused-ring (bicyclic) bond motifs is 2. The first-order valence-corrected chi connectivity index (χ1v) is 11.9. The van der Waals surface area contributed by atoms with Gasteiger partial charge in [0.05, 0.1) is 25.4 Å². The highest BCUT2D eigenvalue weighted by atomic mass is 16.5. The third-order valence-corrected chi connectivity index (χ3v) is 6.52. The molecule has 1 saturated heterocycles. The fraction of sp³-hybridized carbons (Fsp3) is 0.440. The first kappa shape index (κ1) is 22.9. The highest BCUT2D eigenvalue weighted by Gasteiger charge is 2.31. The Kier molecular flexibility index (Phi) is 6.43. The zero-order valence-corrected chi connectivity index (χ0v) is 19.6. The molecular formula is C25H27N5O5. The van der Waals surface area contributed by atoms with Crippen LogP contribution in [0.25, 0.3) is 11.2 Å². The highest BCUT2D eigenvalue weighted by molar-refractivity contribution is 5.95. The lowest BCUT2D eigenvalue weighted by atomic mass is 10.0. The maximum absolute atomic E-state index is 12.6. The van der Waals surface area contributed by atoms with E-state index in [4.69, 9.17) is 9.47 Å². The standard InChI is InChI=1S/C25H27N5O5/c1-34-22-9-6-18-25(28-22)29(24(33)13-26-18)10-4-2-3-5-16-11-23(32)30(14-16)21-8-7-20-19(27-21)12-17(31)15-35-20/h6-9,13,16H,2-5,10-12,14-15H2,1H3/t16-/m1/s1. The molecule has 2 aliphatic heterocycles. The Bertz CT molecular complexity index is 1340. The molecule has 10 heteroatoms. The van der Waals surface area contributed by atoms with Crippen LogP contribution >= 0.6 is 0 Å². The fourth-order valence-electron chi connectivity index (χ4n) is 4.71. The van der Waals surface area contributed by atoms with Gasteiger partial charge in [0.25, 0.3) is 5.56 Å². The van der Waals surface area contributed by atoms with Gasteiger partial charge in [0.2, 0.25) is 11.8 Å². The quantitative estimate of drug-likeness (QED) is 0.454. The summed E-state index contributed by atoms with van der Waals surface area (Å²) in [6.07, 6.45) is 5.70. The Morgan fingerprint density at radius 2 is 1.97 bits per heavy atom. The van der Waals surface area contributed by atoms with Crippen LogP contribution in [0.15, 0.2) is 35.3 Å². The van der Waals surface area contributed by atoms with E-state index in [0.29, 0.717) is 53.8 Å². The van der Waals surface area contributed by atoms with Gasteiger partial charge >= 0.3 is 0 Å². The van der Waals surface area contributed by atoms with Crippen molar-refractivity contribution in [2.24, 2.45) is 5.92 Å². The number of amides is 1. The summed E-state index contributed by atoms with van der Waals surface area (Å²) in [6.45, 7) is 1.25. The van der Waals surface area contributed by atoms with Crippen molar-refractivity contribution in [3.8, 4) is 11.6 Å². The third-order valence-electron chi connectivity index (χ3n) is 6.52. The maximum atomic E-state index is 12.6. The number of aromatic nitrogens is 4. The lowest BCUT2D eigenvalue weighted by Crippen LogP contribution is -2.27. The number of carbonyl (C=O) groups is 2. The summed E-state index contributed by atoms with van der Waals surface area (Å²) >= 11 is 0. The minimum absolute atomic E-state index is 0.00952. The fourth-order valence-corrected chi connectivity index (χ4v) is 4.71. The second-order valence-electron chi connectivity index (χ2n) is 8.99. The third kappa shape index (κ3) is 4.87. The van der Waals surface area contributed by atoms with Crippen LogP contribution in [0, 0.1) is 5.92 Å². The smallest absolute Gasteiger partial charge is 0.270 e. The monoisotopic (exact) mass is 477 g/mol. The van der Waals surface area contributed by atoms with Crippen LogP contribution in [-0.2, 0) is 22.6 Å². The summed E-state index contributed by atoms with van der Waals surface area (Å²) < 4.78 is 12.2. The van der Waals surface area contributed by atoms with Gasteiger partial charge in [0.15, 0.2) is 11.4 Å². The van der Waals surface area contributed by atoms with E-state index in [1.54, 1.807) is 40.8 Å². The van der Waals surface area contributed by atoms with Crippen LogP contribution in [0.3, 0.4) is 0 Å². The number of hydrogen-bond acceptors (Lipinski definition) is 8. The van der Waals surface area contributed by atoms with E-state index in [0.717, 1.165) is 25.7 Å². The Balaban J connectivity index is 1.14. The number of anilines is 1. The van der Waals surface area contributed by atoms with Crippen molar-refractivity contribution < 1.29 is 19.1 Å². The summed E-state index contributed by atoms with van der Waals surface area (Å²) in [7, 11) is 1.54. The molecule has 5 rings (SSSR count). The number of ketones is 1. The second-order valence-corrected chi connectivity index (χ2v) is 8.99. The molecule has 0 unspecified atom stereocenters. The number of carbonyl (C=O) groups excluding carboxylic acids is 2. The number of pyridine rings is 2. The van der Waals surface area contributed by atoms with Crippen molar-refractivity contribution in [3.05, 3.63) is 46.5 Å². The van der Waals surface area contributed by atoms with Gasteiger partial charge in [-0.1, -0.05) is 12.8 Å². The Hall–Kier alpha value is -3.82. The Morgan fingerprint density at radius 1 is 1.09 bits per heavy atom. The molecule has 2 aliphatic rings. The van der Waals surface area contributed by atoms with E-state index in [9.17, 15) is 14.4 Å². The molecule has 10 nitrogen and oxygen atoms in total. The maximum Gasteiger partial charge on any atom is 0.270 e. The van der Waals surface area contributed by atoms with Crippen LogP contribution in [0.2, 0.25) is 0 Å². The van der Waals surface area contributed by atoms with Crippen LogP contribution in [-0.4, -0.2) is 51.5 Å². The van der Waals surface area contributed by atoms with Gasteiger partial charge in [-0.15, -0.1) is 0 Å². The van der Waals surface area contributed by atoms with Crippen molar-refractivity contribution in [2.75, 3.05) is 25.2 Å². The van der Waals surface area contributed by atoms with Gasteiger partial charge < -0.3 is 9.47 Å². The SMILES string of the molecule is COc1ccc2ncc(=O)n(CCCCC[C@@H]3CC(=O)N(c4ccc5c(n4)CC(=O)CO5)C3)c2n1. The van der Waals surface area contributed by atoms with Crippen LogP contribution in [0.4, 0.5) is 5.82 Å². The molecule has 0 saturated carbocycles. The van der Waals surface area contributed by atoms with E-state index in [-0.39, 0.29) is 36.2 Å². The Morgan fingerprint density at radius 3 is 2.83 bits per heavy atom. The lowest BCUT2D eigenvalue weighted by Gasteiger charge is -2.20. The van der Waals surface area contributed by atoms with Crippen molar-refractivity contribution in [2.45, 2.75) is 45.1 Å². The zero-order chi connectivity index (χ0) is 24.4. The van der Waals surface area contributed by atoms with Gasteiger partial charge in [-0.3, -0.25) is 23.9 Å². The molecule has 0 N–H and O–H groups in total. The highest BCUT2D eigenvalue weighted by Crippen LogP contribution is 2.30.